The van der Waals surface area contributed by atoms with Crippen molar-refractivity contribution in [3.63, 3.8) is 0 Å². The van der Waals surface area contributed by atoms with Crippen LogP contribution in [0.5, 0.6) is 0 Å². The Balaban J connectivity index is 2.45. The topological polar surface area (TPSA) is 44.8 Å². The zero-order valence-corrected chi connectivity index (χ0v) is 9.65. The fraction of sp³-hybridized carbons (Fsp3) is 0.700. The Bertz CT molecular complexity index is 262. The van der Waals surface area contributed by atoms with E-state index < -0.39 is 7.12 Å². The molecule has 4 nitrogen and oxygen atoms in total. The maximum absolute atomic E-state index is 11.0. The molecule has 1 unspecified atom stereocenters. The van der Waals surface area contributed by atoms with E-state index in [4.69, 9.17) is 14.0 Å². The van der Waals surface area contributed by atoms with E-state index in [0.717, 1.165) is 0 Å². The van der Waals surface area contributed by atoms with Gasteiger partial charge in [-0.1, -0.05) is 0 Å². The number of rotatable bonds is 3. The molecule has 0 aromatic rings. The largest absolute Gasteiger partial charge is 0.487 e. The lowest BCUT2D eigenvalue weighted by Gasteiger charge is -2.21. The highest BCUT2D eigenvalue weighted by Gasteiger charge is 2.41. The van der Waals surface area contributed by atoms with Gasteiger partial charge in [-0.2, -0.15) is 0 Å². The Labute approximate surface area is 90.7 Å². The first-order chi connectivity index (χ1) is 6.95. The quantitative estimate of drug-likeness (QED) is 0.402. The van der Waals surface area contributed by atoms with Gasteiger partial charge in [-0.3, -0.25) is 0 Å². The van der Waals surface area contributed by atoms with Crippen molar-refractivity contribution in [2.24, 2.45) is 0 Å². The van der Waals surface area contributed by atoms with E-state index in [1.165, 1.54) is 6.08 Å². The molecule has 0 amide bonds. The first-order valence-corrected chi connectivity index (χ1v) is 5.14. The molecule has 0 saturated carbocycles. The van der Waals surface area contributed by atoms with Crippen molar-refractivity contribution in [1.29, 1.82) is 0 Å². The van der Waals surface area contributed by atoms with Crippen LogP contribution in [0.4, 0.5) is 0 Å². The van der Waals surface area contributed by atoms with Gasteiger partial charge in [0.05, 0.1) is 18.3 Å². The first kappa shape index (κ1) is 12.3. The van der Waals surface area contributed by atoms with Crippen LogP contribution in [0, 0.1) is 0 Å². The lowest BCUT2D eigenvalue weighted by Crippen LogP contribution is -2.30. The molecule has 1 heterocycles. The second-order valence-electron chi connectivity index (χ2n) is 3.98. The molecule has 84 valence electrons. The third-order valence-corrected chi connectivity index (χ3v) is 2.41. The van der Waals surface area contributed by atoms with Crippen LogP contribution in [0.1, 0.15) is 27.7 Å². The second kappa shape index (κ2) is 4.81. The third-order valence-electron chi connectivity index (χ3n) is 2.41. The maximum Gasteiger partial charge on any atom is 0.487 e. The first-order valence-electron chi connectivity index (χ1n) is 5.14. The van der Waals surface area contributed by atoms with Crippen molar-refractivity contribution in [2.75, 3.05) is 6.61 Å². The van der Waals surface area contributed by atoms with Crippen LogP contribution in [0.2, 0.25) is 0 Å². The van der Waals surface area contributed by atoms with Crippen molar-refractivity contribution < 1.29 is 18.8 Å². The molecule has 1 aliphatic rings. The number of carbonyl (C=O) groups is 1. The molecule has 1 rings (SSSR count). The van der Waals surface area contributed by atoms with E-state index in [9.17, 15) is 4.79 Å². The fourth-order valence-corrected chi connectivity index (χ4v) is 1.22. The summed E-state index contributed by atoms with van der Waals surface area (Å²) in [5, 5.41) is 0. The van der Waals surface area contributed by atoms with Crippen molar-refractivity contribution >= 4 is 13.1 Å². The molecule has 1 aliphatic heterocycles. The zero-order valence-electron chi connectivity index (χ0n) is 9.65. The minimum atomic E-state index is -0.459. The smallest absolute Gasteiger partial charge is 0.463 e. The van der Waals surface area contributed by atoms with E-state index in [-0.39, 0.29) is 17.7 Å². The standard InChI is InChI=1S/C10H17BO4/c1-5-13-9(12)6-7-11-14-8(2)10(3,4)15-11/h6-8H,5H2,1-4H3/b7-6+. The summed E-state index contributed by atoms with van der Waals surface area (Å²) < 4.78 is 15.8. The van der Waals surface area contributed by atoms with Crippen LogP contribution in [0.25, 0.3) is 0 Å². The molecule has 1 atom stereocenters. The molecule has 5 heteroatoms. The molecule has 0 radical (unpaired) electrons. The number of ether oxygens (including phenoxy) is 1. The van der Waals surface area contributed by atoms with Gasteiger partial charge in [0.25, 0.3) is 0 Å². The Morgan fingerprint density at radius 1 is 1.60 bits per heavy atom. The van der Waals surface area contributed by atoms with Gasteiger partial charge in [-0.25, -0.2) is 4.79 Å². The fourth-order valence-electron chi connectivity index (χ4n) is 1.22. The molecule has 0 aliphatic carbocycles. The van der Waals surface area contributed by atoms with Crippen LogP contribution < -0.4 is 0 Å². The molecule has 0 spiro atoms. The van der Waals surface area contributed by atoms with E-state index >= 15 is 0 Å². The van der Waals surface area contributed by atoms with Crippen LogP contribution in [0.3, 0.4) is 0 Å². The van der Waals surface area contributed by atoms with Gasteiger partial charge in [0, 0.05) is 6.08 Å². The summed E-state index contributed by atoms with van der Waals surface area (Å²) in [6, 6.07) is 0. The van der Waals surface area contributed by atoms with Crippen molar-refractivity contribution in [1.82, 2.24) is 0 Å². The Morgan fingerprint density at radius 3 is 2.73 bits per heavy atom. The normalized spacial score (nSPS) is 24.8. The van der Waals surface area contributed by atoms with E-state index in [1.54, 1.807) is 12.9 Å². The van der Waals surface area contributed by atoms with Crippen molar-refractivity contribution in [3.05, 3.63) is 12.1 Å². The van der Waals surface area contributed by atoms with Gasteiger partial charge in [-0.05, 0) is 33.7 Å². The molecule has 1 saturated heterocycles. The minimum absolute atomic E-state index is 0.00865. The molecule has 0 bridgehead atoms. The van der Waals surface area contributed by atoms with Gasteiger partial charge < -0.3 is 14.0 Å². The molecule has 15 heavy (non-hydrogen) atoms. The summed E-state index contributed by atoms with van der Waals surface area (Å²) in [6.45, 7) is 7.99. The van der Waals surface area contributed by atoms with Crippen LogP contribution in [-0.4, -0.2) is 31.4 Å². The highest BCUT2D eigenvalue weighted by molar-refractivity contribution is 6.52. The number of hydrogen-bond donors (Lipinski definition) is 0. The maximum atomic E-state index is 11.0. The Morgan fingerprint density at radius 2 is 2.27 bits per heavy atom. The number of carbonyl (C=O) groups excluding carboxylic acids is 1. The third kappa shape index (κ3) is 3.36. The summed E-state index contributed by atoms with van der Waals surface area (Å²) in [6.07, 6.45) is 1.34. The van der Waals surface area contributed by atoms with E-state index in [2.05, 4.69) is 0 Å². The summed E-state index contributed by atoms with van der Waals surface area (Å²) in [5.41, 5.74) is -0.316. The van der Waals surface area contributed by atoms with Gasteiger partial charge in [0.1, 0.15) is 0 Å². The number of hydrogen-bond acceptors (Lipinski definition) is 4. The average Bonchev–Trinajstić information content (AvgIpc) is 2.38. The second-order valence-corrected chi connectivity index (χ2v) is 3.98. The average molecular weight is 212 g/mol. The van der Waals surface area contributed by atoms with Crippen molar-refractivity contribution in [2.45, 2.75) is 39.4 Å². The van der Waals surface area contributed by atoms with E-state index in [0.29, 0.717) is 6.61 Å². The predicted octanol–water partition coefficient (Wildman–Crippen LogP) is 1.35. The molecule has 0 aromatic carbocycles. The molecular formula is C10H17BO4. The summed E-state index contributed by atoms with van der Waals surface area (Å²) in [5.74, 6) is 1.20. The predicted molar refractivity (Wildman–Crippen MR) is 57.2 cm³/mol. The van der Waals surface area contributed by atoms with Gasteiger partial charge in [0.15, 0.2) is 0 Å². The SMILES string of the molecule is CCOC(=O)/C=C/B1OC(C)C(C)(C)O1. The lowest BCUT2D eigenvalue weighted by atomic mass is 9.90. The van der Waals surface area contributed by atoms with Crippen LogP contribution >= 0.6 is 0 Å². The Kier molecular flexibility index (Phi) is 3.93. The van der Waals surface area contributed by atoms with E-state index in [1.807, 2.05) is 20.8 Å². The van der Waals surface area contributed by atoms with Gasteiger partial charge in [-0.15, -0.1) is 0 Å². The Hall–Kier alpha value is -0.805. The summed E-state index contributed by atoms with van der Waals surface area (Å²) in [7, 11) is -0.459. The van der Waals surface area contributed by atoms with Crippen molar-refractivity contribution in [3.8, 4) is 0 Å². The molecular weight excluding hydrogens is 195 g/mol. The molecule has 0 N–H and O–H groups in total. The lowest BCUT2D eigenvalue weighted by molar-refractivity contribution is -0.137. The van der Waals surface area contributed by atoms with Gasteiger partial charge in [0.2, 0.25) is 0 Å². The summed E-state index contributed by atoms with van der Waals surface area (Å²) in [4.78, 5) is 11.0. The number of esters is 1. The molecule has 1 fully saturated rings. The zero-order chi connectivity index (χ0) is 11.5. The highest BCUT2D eigenvalue weighted by atomic mass is 16.7. The highest BCUT2D eigenvalue weighted by Crippen LogP contribution is 2.27. The monoisotopic (exact) mass is 212 g/mol. The van der Waals surface area contributed by atoms with Gasteiger partial charge >= 0.3 is 13.1 Å². The van der Waals surface area contributed by atoms with Crippen LogP contribution in [-0.2, 0) is 18.8 Å². The van der Waals surface area contributed by atoms with Crippen LogP contribution in [0.15, 0.2) is 12.1 Å². The summed E-state index contributed by atoms with van der Waals surface area (Å²) >= 11 is 0. The minimum Gasteiger partial charge on any atom is -0.463 e. The molecule has 0 aromatic heterocycles.